The summed E-state index contributed by atoms with van der Waals surface area (Å²) < 4.78 is 27.8. The van der Waals surface area contributed by atoms with E-state index in [1.807, 2.05) is 26.1 Å². The average molecular weight is 305 g/mol. The van der Waals surface area contributed by atoms with Gasteiger partial charge in [0.1, 0.15) is 0 Å². The second-order valence-electron chi connectivity index (χ2n) is 4.67. The van der Waals surface area contributed by atoms with Gasteiger partial charge in [-0.05, 0) is 42.8 Å². The van der Waals surface area contributed by atoms with Gasteiger partial charge in [0.2, 0.25) is 0 Å². The van der Waals surface area contributed by atoms with Crippen molar-refractivity contribution < 1.29 is 8.42 Å². The van der Waals surface area contributed by atoms with Gasteiger partial charge in [-0.25, -0.2) is 8.42 Å². The van der Waals surface area contributed by atoms with Crippen LogP contribution in [-0.2, 0) is 23.0 Å². The van der Waals surface area contributed by atoms with E-state index in [-0.39, 0.29) is 0 Å². The number of sulfonamides is 1. The lowest BCUT2D eigenvalue weighted by Gasteiger charge is -2.13. The molecule has 2 rings (SSSR count). The standard InChI is InChI=1S/C15H19N3O2S/c1-3-13-5-4-12(11-16-2)10-15(13)21(19,20)18-14-6-8-17-9-7-14/h4-10,16H,3,11H2,1-2H3,(H,17,18). The minimum atomic E-state index is -3.60. The molecule has 0 spiro atoms. The number of aromatic nitrogens is 1. The molecule has 0 atom stereocenters. The summed E-state index contributed by atoms with van der Waals surface area (Å²) in [5.41, 5.74) is 2.24. The van der Waals surface area contributed by atoms with Crippen molar-refractivity contribution in [2.75, 3.05) is 11.8 Å². The van der Waals surface area contributed by atoms with Gasteiger partial charge in [-0.1, -0.05) is 19.1 Å². The second kappa shape index (κ2) is 6.69. The predicted molar refractivity (Wildman–Crippen MR) is 83.6 cm³/mol. The molecule has 0 fully saturated rings. The van der Waals surface area contributed by atoms with E-state index in [2.05, 4.69) is 15.0 Å². The lowest BCUT2D eigenvalue weighted by molar-refractivity contribution is 0.600. The molecular weight excluding hydrogens is 286 g/mol. The maximum atomic E-state index is 12.6. The first-order chi connectivity index (χ1) is 10.1. The van der Waals surface area contributed by atoms with Crippen LogP contribution in [0.3, 0.4) is 0 Å². The van der Waals surface area contributed by atoms with Crippen LogP contribution >= 0.6 is 0 Å². The number of pyridine rings is 1. The third-order valence-electron chi connectivity index (χ3n) is 3.12. The van der Waals surface area contributed by atoms with Gasteiger partial charge >= 0.3 is 0 Å². The molecule has 2 aromatic rings. The van der Waals surface area contributed by atoms with E-state index >= 15 is 0 Å². The van der Waals surface area contributed by atoms with Gasteiger partial charge < -0.3 is 5.32 Å². The van der Waals surface area contributed by atoms with Crippen molar-refractivity contribution in [3.63, 3.8) is 0 Å². The van der Waals surface area contributed by atoms with Crippen molar-refractivity contribution in [1.29, 1.82) is 0 Å². The van der Waals surface area contributed by atoms with E-state index in [1.54, 1.807) is 30.6 Å². The third-order valence-corrected chi connectivity index (χ3v) is 4.58. The lowest BCUT2D eigenvalue weighted by Crippen LogP contribution is -2.16. The van der Waals surface area contributed by atoms with E-state index < -0.39 is 10.0 Å². The van der Waals surface area contributed by atoms with Crippen molar-refractivity contribution in [3.05, 3.63) is 53.9 Å². The zero-order valence-electron chi connectivity index (χ0n) is 12.1. The highest BCUT2D eigenvalue weighted by atomic mass is 32.2. The zero-order valence-corrected chi connectivity index (χ0v) is 12.9. The highest BCUT2D eigenvalue weighted by molar-refractivity contribution is 7.92. The molecule has 0 amide bonds. The Morgan fingerprint density at radius 3 is 2.48 bits per heavy atom. The number of rotatable bonds is 6. The van der Waals surface area contributed by atoms with Crippen molar-refractivity contribution in [2.45, 2.75) is 24.8 Å². The molecule has 0 saturated heterocycles. The summed E-state index contributed by atoms with van der Waals surface area (Å²) in [5.74, 6) is 0. The second-order valence-corrected chi connectivity index (χ2v) is 6.32. The number of hydrogen-bond donors (Lipinski definition) is 2. The Morgan fingerprint density at radius 1 is 1.14 bits per heavy atom. The van der Waals surface area contributed by atoms with Crippen LogP contribution in [-0.4, -0.2) is 20.4 Å². The number of benzene rings is 1. The Kier molecular flexibility index (Phi) is 4.93. The summed E-state index contributed by atoms with van der Waals surface area (Å²) in [5, 5.41) is 3.03. The molecule has 1 heterocycles. The van der Waals surface area contributed by atoms with Crippen LogP contribution in [0.25, 0.3) is 0 Å². The van der Waals surface area contributed by atoms with Gasteiger partial charge in [-0.3, -0.25) is 9.71 Å². The molecule has 6 heteroatoms. The highest BCUT2D eigenvalue weighted by Crippen LogP contribution is 2.21. The SMILES string of the molecule is CCc1ccc(CNC)cc1S(=O)(=O)Nc1ccncc1. The fourth-order valence-corrected chi connectivity index (χ4v) is 3.51. The molecule has 0 bridgehead atoms. The summed E-state index contributed by atoms with van der Waals surface area (Å²) in [6.45, 7) is 2.57. The van der Waals surface area contributed by atoms with Gasteiger partial charge in [-0.15, -0.1) is 0 Å². The van der Waals surface area contributed by atoms with Crippen LogP contribution in [0.2, 0.25) is 0 Å². The van der Waals surface area contributed by atoms with E-state index in [9.17, 15) is 8.42 Å². The van der Waals surface area contributed by atoms with E-state index in [0.29, 0.717) is 23.5 Å². The van der Waals surface area contributed by atoms with Crippen LogP contribution in [0.15, 0.2) is 47.6 Å². The number of anilines is 1. The van der Waals surface area contributed by atoms with Crippen LogP contribution in [0.4, 0.5) is 5.69 Å². The topological polar surface area (TPSA) is 71.1 Å². The van der Waals surface area contributed by atoms with Crippen molar-refractivity contribution >= 4 is 15.7 Å². The van der Waals surface area contributed by atoms with Crippen molar-refractivity contribution in [1.82, 2.24) is 10.3 Å². The fraction of sp³-hybridized carbons (Fsp3) is 0.267. The molecule has 0 radical (unpaired) electrons. The summed E-state index contributed by atoms with van der Waals surface area (Å²) >= 11 is 0. The highest BCUT2D eigenvalue weighted by Gasteiger charge is 2.18. The molecule has 0 aliphatic rings. The first-order valence-corrected chi connectivity index (χ1v) is 8.24. The van der Waals surface area contributed by atoms with Gasteiger partial charge in [0, 0.05) is 18.9 Å². The van der Waals surface area contributed by atoms with Crippen LogP contribution in [0.5, 0.6) is 0 Å². The fourth-order valence-electron chi connectivity index (χ4n) is 2.09. The van der Waals surface area contributed by atoms with Gasteiger partial charge in [0.25, 0.3) is 10.0 Å². The summed E-state index contributed by atoms with van der Waals surface area (Å²) in [7, 11) is -1.77. The Morgan fingerprint density at radius 2 is 1.86 bits per heavy atom. The van der Waals surface area contributed by atoms with Crippen LogP contribution < -0.4 is 10.0 Å². The first-order valence-electron chi connectivity index (χ1n) is 6.76. The molecule has 5 nitrogen and oxygen atoms in total. The van der Waals surface area contributed by atoms with Gasteiger partial charge in [-0.2, -0.15) is 0 Å². The number of aryl methyl sites for hydroxylation is 1. The summed E-state index contributed by atoms with van der Waals surface area (Å²) in [4.78, 5) is 4.21. The van der Waals surface area contributed by atoms with Crippen molar-refractivity contribution in [3.8, 4) is 0 Å². The third kappa shape index (κ3) is 3.80. The zero-order chi connectivity index (χ0) is 15.3. The van der Waals surface area contributed by atoms with Crippen LogP contribution in [0.1, 0.15) is 18.1 Å². The molecule has 0 aliphatic carbocycles. The molecule has 1 aromatic carbocycles. The lowest BCUT2D eigenvalue weighted by atomic mass is 10.1. The quantitative estimate of drug-likeness (QED) is 0.858. The molecule has 0 saturated carbocycles. The molecule has 2 N–H and O–H groups in total. The summed E-state index contributed by atoms with van der Waals surface area (Å²) in [6, 6.07) is 8.79. The number of nitrogens with one attached hydrogen (secondary N) is 2. The molecule has 112 valence electrons. The Bertz CT molecular complexity index is 700. The first kappa shape index (κ1) is 15.5. The smallest absolute Gasteiger partial charge is 0.262 e. The molecule has 0 aliphatic heterocycles. The maximum Gasteiger partial charge on any atom is 0.262 e. The van der Waals surface area contributed by atoms with E-state index in [1.165, 1.54) is 0 Å². The number of hydrogen-bond acceptors (Lipinski definition) is 4. The number of nitrogens with zero attached hydrogens (tertiary/aromatic N) is 1. The van der Waals surface area contributed by atoms with E-state index in [0.717, 1.165) is 11.1 Å². The largest absolute Gasteiger partial charge is 0.316 e. The normalized spacial score (nSPS) is 11.3. The maximum absolute atomic E-state index is 12.6. The average Bonchev–Trinajstić information content (AvgIpc) is 2.48. The molecule has 0 unspecified atom stereocenters. The predicted octanol–water partition coefficient (Wildman–Crippen LogP) is 2.16. The monoisotopic (exact) mass is 305 g/mol. The molecule has 21 heavy (non-hydrogen) atoms. The van der Waals surface area contributed by atoms with Crippen LogP contribution in [0, 0.1) is 0 Å². The molecule has 1 aromatic heterocycles. The van der Waals surface area contributed by atoms with Crippen molar-refractivity contribution in [2.24, 2.45) is 0 Å². The summed E-state index contributed by atoms with van der Waals surface area (Å²) in [6.07, 6.45) is 3.76. The Hall–Kier alpha value is -1.92. The Balaban J connectivity index is 2.40. The molecular formula is C15H19N3O2S. The van der Waals surface area contributed by atoms with Gasteiger partial charge in [0.15, 0.2) is 0 Å². The Labute approximate surface area is 125 Å². The van der Waals surface area contributed by atoms with E-state index in [4.69, 9.17) is 0 Å². The minimum Gasteiger partial charge on any atom is -0.316 e. The minimum absolute atomic E-state index is 0.328. The van der Waals surface area contributed by atoms with Gasteiger partial charge in [0.05, 0.1) is 10.6 Å².